The van der Waals surface area contributed by atoms with Crippen molar-refractivity contribution in [3.05, 3.63) is 34.4 Å². The molecule has 0 radical (unpaired) electrons. The van der Waals surface area contributed by atoms with Gasteiger partial charge >= 0.3 is 0 Å². The molecule has 3 atom stereocenters. The Balaban J connectivity index is 2.24. The summed E-state index contributed by atoms with van der Waals surface area (Å²) >= 11 is 0. The molecule has 0 saturated carbocycles. The van der Waals surface area contributed by atoms with E-state index in [9.17, 15) is 18.5 Å². The van der Waals surface area contributed by atoms with Gasteiger partial charge in [-0.2, -0.15) is 4.31 Å². The molecule has 0 bridgehead atoms. The average Bonchev–Trinajstić information content (AvgIpc) is 3.01. The Labute approximate surface area is 112 Å². The van der Waals surface area contributed by atoms with Crippen LogP contribution in [0.25, 0.3) is 0 Å². The highest BCUT2D eigenvalue weighted by molar-refractivity contribution is 7.89. The fourth-order valence-corrected chi connectivity index (χ4v) is 4.19. The van der Waals surface area contributed by atoms with Gasteiger partial charge in [0.25, 0.3) is 5.69 Å². The topological polar surface area (TPSA) is 80.3 Å². The molecule has 1 aliphatic heterocycles. The molecule has 1 heterocycles. The van der Waals surface area contributed by atoms with Gasteiger partial charge in [-0.1, -0.05) is 13.3 Å². The third-order valence-corrected chi connectivity index (χ3v) is 5.43. The van der Waals surface area contributed by atoms with E-state index in [1.54, 1.807) is 0 Å². The molecule has 104 valence electrons. The van der Waals surface area contributed by atoms with Gasteiger partial charge in [-0.15, -0.1) is 0 Å². The van der Waals surface area contributed by atoms with Crippen LogP contribution in [0.3, 0.4) is 0 Å². The minimum Gasteiger partial charge on any atom is -0.258 e. The Bertz CT molecular complexity index is 582. The van der Waals surface area contributed by atoms with E-state index in [0.29, 0.717) is 0 Å². The van der Waals surface area contributed by atoms with E-state index in [1.165, 1.54) is 28.6 Å². The van der Waals surface area contributed by atoms with E-state index < -0.39 is 14.9 Å². The smallest absolute Gasteiger partial charge is 0.258 e. The zero-order valence-electron chi connectivity index (χ0n) is 10.8. The lowest BCUT2D eigenvalue weighted by Crippen LogP contribution is -2.15. The van der Waals surface area contributed by atoms with Crippen molar-refractivity contribution in [2.75, 3.05) is 0 Å². The number of non-ortho nitro benzene ring substituents is 1. The molecule has 2 rings (SSSR count). The van der Waals surface area contributed by atoms with Gasteiger partial charge in [-0.25, -0.2) is 8.42 Å². The number of benzene rings is 1. The molecule has 6 nitrogen and oxygen atoms in total. The highest BCUT2D eigenvalue weighted by atomic mass is 32.2. The van der Waals surface area contributed by atoms with Crippen LogP contribution in [0, 0.1) is 10.1 Å². The van der Waals surface area contributed by atoms with E-state index >= 15 is 0 Å². The third kappa shape index (κ3) is 2.48. The molecule has 0 aromatic heterocycles. The van der Waals surface area contributed by atoms with Gasteiger partial charge in [0.05, 0.1) is 9.82 Å². The predicted molar refractivity (Wildman–Crippen MR) is 70.3 cm³/mol. The molecule has 1 aromatic carbocycles. The Hall–Kier alpha value is -1.47. The summed E-state index contributed by atoms with van der Waals surface area (Å²) < 4.78 is 26.1. The number of hydrogen-bond acceptors (Lipinski definition) is 4. The Kier molecular flexibility index (Phi) is 3.60. The zero-order chi connectivity index (χ0) is 14.2. The van der Waals surface area contributed by atoms with Gasteiger partial charge in [0.1, 0.15) is 0 Å². The maximum absolute atomic E-state index is 12.3. The first-order valence-electron chi connectivity index (χ1n) is 6.17. The summed E-state index contributed by atoms with van der Waals surface area (Å²) in [7, 11) is -3.52. The lowest BCUT2D eigenvalue weighted by atomic mass is 10.2. The molecule has 1 unspecified atom stereocenters. The van der Waals surface area contributed by atoms with Gasteiger partial charge in [-0.3, -0.25) is 10.1 Å². The van der Waals surface area contributed by atoms with Crippen molar-refractivity contribution in [2.24, 2.45) is 0 Å². The molecule has 0 spiro atoms. The number of nitro groups is 1. The molecular weight excluding hydrogens is 268 g/mol. The molecule has 0 N–H and O–H groups in total. The van der Waals surface area contributed by atoms with Crippen LogP contribution in [-0.4, -0.2) is 29.7 Å². The Morgan fingerprint density at radius 3 is 2.37 bits per heavy atom. The molecular formula is C12H16N2O4S. The summed E-state index contributed by atoms with van der Waals surface area (Å²) in [5.41, 5.74) is -0.108. The van der Waals surface area contributed by atoms with E-state index in [0.717, 1.165) is 12.8 Å². The van der Waals surface area contributed by atoms with Crippen molar-refractivity contribution < 1.29 is 13.3 Å². The molecule has 1 fully saturated rings. The lowest BCUT2D eigenvalue weighted by Gasteiger charge is -2.06. The molecule has 0 amide bonds. The third-order valence-electron chi connectivity index (χ3n) is 3.40. The van der Waals surface area contributed by atoms with E-state index in [2.05, 4.69) is 0 Å². The second kappa shape index (κ2) is 4.90. The number of rotatable bonds is 5. The number of sulfonamides is 1. The minimum atomic E-state index is -3.52. The number of hydrogen-bond donors (Lipinski definition) is 0. The minimum absolute atomic E-state index is 0.0140. The van der Waals surface area contributed by atoms with Crippen molar-refractivity contribution in [2.45, 2.75) is 43.7 Å². The molecule has 7 heteroatoms. The predicted octanol–water partition coefficient (Wildman–Crippen LogP) is 2.16. The lowest BCUT2D eigenvalue weighted by molar-refractivity contribution is -0.384. The number of nitro benzene ring substituents is 1. The van der Waals surface area contributed by atoms with Gasteiger partial charge in [0.2, 0.25) is 10.0 Å². The van der Waals surface area contributed by atoms with Gasteiger partial charge in [-0.05, 0) is 25.5 Å². The van der Waals surface area contributed by atoms with Crippen LogP contribution < -0.4 is 0 Å². The summed E-state index contributed by atoms with van der Waals surface area (Å²) in [4.78, 5) is 10.1. The Morgan fingerprint density at radius 1 is 1.32 bits per heavy atom. The van der Waals surface area contributed by atoms with Crippen LogP contribution in [0.5, 0.6) is 0 Å². The second-order valence-corrected chi connectivity index (χ2v) is 6.53. The van der Waals surface area contributed by atoms with E-state index in [4.69, 9.17) is 0 Å². The molecule has 19 heavy (non-hydrogen) atoms. The van der Waals surface area contributed by atoms with Crippen molar-refractivity contribution in [3.8, 4) is 0 Å². The normalized spacial score (nSPS) is 26.1. The summed E-state index contributed by atoms with van der Waals surface area (Å²) in [5.74, 6) is 0. The van der Waals surface area contributed by atoms with Crippen molar-refractivity contribution >= 4 is 15.7 Å². The summed E-state index contributed by atoms with van der Waals surface area (Å²) in [6.45, 7) is 3.89. The van der Waals surface area contributed by atoms with Crippen LogP contribution in [0.4, 0.5) is 5.69 Å². The van der Waals surface area contributed by atoms with E-state index in [-0.39, 0.29) is 22.7 Å². The maximum Gasteiger partial charge on any atom is 0.269 e. The van der Waals surface area contributed by atoms with Crippen molar-refractivity contribution in [1.82, 2.24) is 4.31 Å². The van der Waals surface area contributed by atoms with Crippen LogP contribution >= 0.6 is 0 Å². The van der Waals surface area contributed by atoms with E-state index in [1.807, 2.05) is 13.8 Å². The number of nitrogens with zero attached hydrogens (tertiary/aromatic N) is 2. The quantitative estimate of drug-likeness (QED) is 0.471. The van der Waals surface area contributed by atoms with Gasteiger partial charge < -0.3 is 0 Å². The van der Waals surface area contributed by atoms with Crippen LogP contribution in [0.2, 0.25) is 0 Å². The first-order chi connectivity index (χ1) is 8.89. The average molecular weight is 284 g/mol. The maximum atomic E-state index is 12.3. The molecule has 1 saturated heterocycles. The SMILES string of the molecule is CCC[C@@H]1[C@@H](C)N1S(=O)(=O)c1ccc([N+](=O)[O-])cc1. The van der Waals surface area contributed by atoms with Crippen LogP contribution in [-0.2, 0) is 10.0 Å². The van der Waals surface area contributed by atoms with Gasteiger partial charge in [0, 0.05) is 24.2 Å². The summed E-state index contributed by atoms with van der Waals surface area (Å²) in [5, 5.41) is 10.5. The highest BCUT2D eigenvalue weighted by Crippen LogP contribution is 2.38. The Morgan fingerprint density at radius 2 is 1.89 bits per heavy atom. The van der Waals surface area contributed by atoms with Crippen molar-refractivity contribution in [1.29, 1.82) is 0 Å². The standard InChI is InChI=1S/C12H16N2O4S/c1-3-4-12-9(2)13(12)19(17,18)11-7-5-10(6-8-11)14(15)16/h5-9,12H,3-4H2,1-2H3/t9-,12-,13?/m1/s1. The van der Waals surface area contributed by atoms with Crippen LogP contribution in [0.1, 0.15) is 26.7 Å². The largest absolute Gasteiger partial charge is 0.269 e. The fraction of sp³-hybridized carbons (Fsp3) is 0.500. The molecule has 1 aliphatic rings. The van der Waals surface area contributed by atoms with Crippen molar-refractivity contribution in [3.63, 3.8) is 0 Å². The van der Waals surface area contributed by atoms with Crippen LogP contribution in [0.15, 0.2) is 29.2 Å². The zero-order valence-corrected chi connectivity index (χ0v) is 11.6. The first-order valence-corrected chi connectivity index (χ1v) is 7.61. The summed E-state index contributed by atoms with van der Waals surface area (Å²) in [6.07, 6.45) is 1.77. The fourth-order valence-electron chi connectivity index (χ4n) is 2.31. The van der Waals surface area contributed by atoms with Gasteiger partial charge in [0.15, 0.2) is 0 Å². The monoisotopic (exact) mass is 284 g/mol. The first kappa shape index (κ1) is 14.0. The molecule has 0 aliphatic carbocycles. The summed E-state index contributed by atoms with van der Waals surface area (Å²) in [6, 6.07) is 5.10. The molecule has 1 aromatic rings. The highest BCUT2D eigenvalue weighted by Gasteiger charge is 2.51. The second-order valence-electron chi connectivity index (χ2n) is 4.68.